The molecule has 0 fully saturated rings. The zero-order chi connectivity index (χ0) is 10.6. The molecular weight excluding hydrogens is 200 g/mol. The van der Waals surface area contributed by atoms with E-state index >= 15 is 0 Å². The van der Waals surface area contributed by atoms with Crippen LogP contribution in [0.25, 0.3) is 0 Å². The lowest BCUT2D eigenvalue weighted by Crippen LogP contribution is -2.12. The van der Waals surface area contributed by atoms with Gasteiger partial charge in [0.15, 0.2) is 0 Å². The number of benzene rings is 1. The molecule has 0 amide bonds. The van der Waals surface area contributed by atoms with E-state index in [1.54, 1.807) is 7.11 Å². The molecule has 0 aliphatic heterocycles. The van der Waals surface area contributed by atoms with Crippen LogP contribution in [0.4, 0.5) is 5.69 Å². The summed E-state index contributed by atoms with van der Waals surface area (Å²) < 4.78 is 5.16. The van der Waals surface area contributed by atoms with E-state index in [-0.39, 0.29) is 5.88 Å². The van der Waals surface area contributed by atoms with Crippen molar-refractivity contribution in [3.05, 3.63) is 23.8 Å². The summed E-state index contributed by atoms with van der Waals surface area (Å²) in [5.41, 5.74) is 7.30. The molecule has 1 aromatic carbocycles. The first-order chi connectivity index (χ1) is 6.69. The maximum atomic E-state index is 5.54. The van der Waals surface area contributed by atoms with Gasteiger partial charge in [0.1, 0.15) is 11.6 Å². The standard InChI is InChI=1S/C10H13ClN2O/c1-7-8(13-10(12)6-11)4-3-5-9(7)14-2/h3-5H,6H2,1-2H3,(H2,12,13). The summed E-state index contributed by atoms with van der Waals surface area (Å²) >= 11 is 5.54. The Labute approximate surface area is 88.5 Å². The normalized spacial score (nSPS) is 11.5. The summed E-state index contributed by atoms with van der Waals surface area (Å²) in [5, 5.41) is 0. The van der Waals surface area contributed by atoms with Gasteiger partial charge in [-0.15, -0.1) is 11.6 Å². The lowest BCUT2D eigenvalue weighted by atomic mass is 10.2. The van der Waals surface area contributed by atoms with Gasteiger partial charge >= 0.3 is 0 Å². The highest BCUT2D eigenvalue weighted by Gasteiger charge is 2.02. The predicted octanol–water partition coefficient (Wildman–Crippen LogP) is 2.23. The van der Waals surface area contributed by atoms with Gasteiger partial charge in [0.2, 0.25) is 0 Å². The summed E-state index contributed by atoms with van der Waals surface area (Å²) in [6.45, 7) is 1.93. The van der Waals surface area contributed by atoms with E-state index in [9.17, 15) is 0 Å². The number of rotatable bonds is 3. The smallest absolute Gasteiger partial charge is 0.123 e. The SMILES string of the molecule is COc1cccc(N=C(N)CCl)c1C. The van der Waals surface area contributed by atoms with Crippen LogP contribution in [0, 0.1) is 6.92 Å². The maximum Gasteiger partial charge on any atom is 0.123 e. The number of hydrogen-bond donors (Lipinski definition) is 1. The molecule has 0 aliphatic rings. The third-order valence-electron chi connectivity index (χ3n) is 1.88. The van der Waals surface area contributed by atoms with Gasteiger partial charge in [0, 0.05) is 5.56 Å². The molecule has 1 rings (SSSR count). The summed E-state index contributed by atoms with van der Waals surface area (Å²) in [7, 11) is 1.63. The molecule has 0 spiro atoms. The molecule has 4 heteroatoms. The third-order valence-corrected chi connectivity index (χ3v) is 2.15. The second kappa shape index (κ2) is 4.86. The van der Waals surface area contributed by atoms with Gasteiger partial charge < -0.3 is 10.5 Å². The quantitative estimate of drug-likeness (QED) is 0.475. The third kappa shape index (κ3) is 2.39. The molecule has 0 aliphatic carbocycles. The largest absolute Gasteiger partial charge is 0.496 e. The number of hydrogen-bond acceptors (Lipinski definition) is 2. The van der Waals surface area contributed by atoms with Gasteiger partial charge in [-0.05, 0) is 19.1 Å². The van der Waals surface area contributed by atoms with Crippen LogP contribution in [-0.4, -0.2) is 18.8 Å². The molecule has 1 aromatic rings. The van der Waals surface area contributed by atoms with Crippen LogP contribution in [0.15, 0.2) is 23.2 Å². The first-order valence-corrected chi connectivity index (χ1v) is 4.75. The fraction of sp³-hybridized carbons (Fsp3) is 0.300. The van der Waals surface area contributed by atoms with Crippen LogP contribution in [0.3, 0.4) is 0 Å². The Hall–Kier alpha value is -1.22. The molecule has 76 valence electrons. The fourth-order valence-corrected chi connectivity index (χ4v) is 1.19. The lowest BCUT2D eigenvalue weighted by Gasteiger charge is -2.06. The number of ether oxygens (including phenoxy) is 1. The molecule has 0 bridgehead atoms. The van der Waals surface area contributed by atoms with Crippen molar-refractivity contribution in [3.63, 3.8) is 0 Å². The maximum absolute atomic E-state index is 5.54. The van der Waals surface area contributed by atoms with Gasteiger partial charge in [-0.2, -0.15) is 0 Å². The van der Waals surface area contributed by atoms with E-state index in [2.05, 4.69) is 4.99 Å². The second-order valence-corrected chi connectivity index (χ2v) is 3.11. The molecule has 14 heavy (non-hydrogen) atoms. The molecule has 0 aromatic heterocycles. The van der Waals surface area contributed by atoms with E-state index in [0.29, 0.717) is 5.84 Å². The number of aliphatic imine (C=N–C) groups is 1. The average Bonchev–Trinajstić information content (AvgIpc) is 2.21. The first-order valence-electron chi connectivity index (χ1n) is 4.21. The van der Waals surface area contributed by atoms with Crippen LogP contribution in [0.5, 0.6) is 5.75 Å². The Balaban J connectivity index is 3.10. The van der Waals surface area contributed by atoms with E-state index in [1.165, 1.54) is 0 Å². The Kier molecular flexibility index (Phi) is 3.77. The molecular formula is C10H13ClN2O. The van der Waals surface area contributed by atoms with Crippen molar-refractivity contribution < 1.29 is 4.74 Å². The summed E-state index contributed by atoms with van der Waals surface area (Å²) in [6, 6.07) is 5.62. The van der Waals surface area contributed by atoms with Crippen molar-refractivity contribution in [1.82, 2.24) is 0 Å². The summed E-state index contributed by atoms with van der Waals surface area (Å²) in [6.07, 6.45) is 0. The summed E-state index contributed by atoms with van der Waals surface area (Å²) in [4.78, 5) is 4.17. The predicted molar refractivity (Wildman–Crippen MR) is 59.7 cm³/mol. The number of nitrogens with two attached hydrogens (primary N) is 1. The van der Waals surface area contributed by atoms with Crippen LogP contribution < -0.4 is 10.5 Å². The average molecular weight is 213 g/mol. The van der Waals surface area contributed by atoms with Crippen molar-refractivity contribution in [1.29, 1.82) is 0 Å². The first kappa shape index (κ1) is 10.9. The molecule has 3 nitrogen and oxygen atoms in total. The van der Waals surface area contributed by atoms with Crippen molar-refractivity contribution in [2.24, 2.45) is 10.7 Å². The van der Waals surface area contributed by atoms with Crippen molar-refractivity contribution >= 4 is 23.1 Å². The number of alkyl halides is 1. The van der Waals surface area contributed by atoms with Gasteiger partial charge in [-0.1, -0.05) is 6.07 Å². The van der Waals surface area contributed by atoms with Crippen LogP contribution in [0.1, 0.15) is 5.56 Å². The minimum Gasteiger partial charge on any atom is -0.496 e. The Morgan fingerprint density at radius 3 is 2.86 bits per heavy atom. The fourth-order valence-electron chi connectivity index (χ4n) is 1.13. The highest BCUT2D eigenvalue weighted by molar-refractivity contribution is 6.28. The monoisotopic (exact) mass is 212 g/mol. The van der Waals surface area contributed by atoms with Crippen molar-refractivity contribution in [2.45, 2.75) is 6.92 Å². The number of methoxy groups -OCH3 is 1. The van der Waals surface area contributed by atoms with E-state index in [4.69, 9.17) is 22.1 Å². The molecule has 2 N–H and O–H groups in total. The highest BCUT2D eigenvalue weighted by Crippen LogP contribution is 2.27. The second-order valence-electron chi connectivity index (χ2n) is 2.84. The Morgan fingerprint density at radius 2 is 2.29 bits per heavy atom. The van der Waals surface area contributed by atoms with E-state index < -0.39 is 0 Å². The van der Waals surface area contributed by atoms with Gasteiger partial charge in [-0.25, -0.2) is 4.99 Å². The zero-order valence-electron chi connectivity index (χ0n) is 8.25. The van der Waals surface area contributed by atoms with Crippen molar-refractivity contribution in [3.8, 4) is 5.75 Å². The van der Waals surface area contributed by atoms with E-state index in [0.717, 1.165) is 17.0 Å². The summed E-state index contributed by atoms with van der Waals surface area (Å²) in [5.74, 6) is 1.44. The Bertz CT molecular complexity index is 350. The molecule has 0 radical (unpaired) electrons. The zero-order valence-corrected chi connectivity index (χ0v) is 9.01. The van der Waals surface area contributed by atoms with Crippen LogP contribution in [0.2, 0.25) is 0 Å². The van der Waals surface area contributed by atoms with Gasteiger partial charge in [0.05, 0.1) is 18.7 Å². The van der Waals surface area contributed by atoms with E-state index in [1.807, 2.05) is 25.1 Å². The molecule has 0 unspecified atom stereocenters. The topological polar surface area (TPSA) is 47.6 Å². The molecule has 0 heterocycles. The number of halogens is 1. The van der Waals surface area contributed by atoms with Crippen LogP contribution >= 0.6 is 11.6 Å². The molecule has 0 saturated carbocycles. The van der Waals surface area contributed by atoms with Crippen LogP contribution in [-0.2, 0) is 0 Å². The van der Waals surface area contributed by atoms with Gasteiger partial charge in [0.25, 0.3) is 0 Å². The molecule has 0 atom stereocenters. The number of nitrogens with zero attached hydrogens (tertiary/aromatic N) is 1. The Morgan fingerprint density at radius 1 is 1.57 bits per heavy atom. The lowest BCUT2D eigenvalue weighted by molar-refractivity contribution is 0.412. The highest BCUT2D eigenvalue weighted by atomic mass is 35.5. The molecule has 0 saturated heterocycles. The number of amidine groups is 1. The van der Waals surface area contributed by atoms with Crippen molar-refractivity contribution in [2.75, 3.05) is 13.0 Å². The minimum absolute atomic E-state index is 0.233. The minimum atomic E-state index is 0.233. The van der Waals surface area contributed by atoms with Gasteiger partial charge in [-0.3, -0.25) is 0 Å².